The van der Waals surface area contributed by atoms with Crippen LogP contribution in [0.25, 0.3) is 0 Å². The molecule has 2 aromatic rings. The number of amides is 1. The maximum atomic E-state index is 12.2. The topological polar surface area (TPSA) is 72.5 Å². The molecule has 0 aliphatic carbocycles. The molecule has 6 nitrogen and oxygen atoms in total. The number of hydrogen-bond acceptors (Lipinski definition) is 5. The smallest absolute Gasteiger partial charge is 0.251 e. The number of ether oxygens (including phenoxy) is 2. The molecule has 0 aliphatic rings. The van der Waals surface area contributed by atoms with Gasteiger partial charge in [0, 0.05) is 17.3 Å². The van der Waals surface area contributed by atoms with Crippen LogP contribution in [0.1, 0.15) is 31.1 Å². The Morgan fingerprint density at radius 2 is 1.80 bits per heavy atom. The molecule has 0 radical (unpaired) electrons. The quantitative estimate of drug-likeness (QED) is 0.756. The Hall–Kier alpha value is -2.76. The molecule has 1 aromatic carbocycles. The zero-order valence-corrected chi connectivity index (χ0v) is 15.1. The highest BCUT2D eigenvalue weighted by Crippen LogP contribution is 2.17. The number of anilines is 1. The fourth-order valence-electron chi connectivity index (χ4n) is 2.13. The van der Waals surface area contributed by atoms with Crippen molar-refractivity contribution < 1.29 is 14.3 Å². The highest BCUT2D eigenvalue weighted by molar-refractivity contribution is 5.94. The van der Waals surface area contributed by atoms with E-state index in [0.717, 1.165) is 11.5 Å². The van der Waals surface area contributed by atoms with Crippen LogP contribution < -0.4 is 20.1 Å². The first kappa shape index (κ1) is 18.6. The van der Waals surface area contributed by atoms with Gasteiger partial charge in [-0.3, -0.25) is 4.79 Å². The van der Waals surface area contributed by atoms with E-state index in [-0.39, 0.29) is 11.4 Å². The second kappa shape index (κ2) is 8.37. The fraction of sp³-hybridized carbons (Fsp3) is 0.368. The van der Waals surface area contributed by atoms with Gasteiger partial charge in [-0.15, -0.1) is 0 Å². The molecule has 6 heteroatoms. The van der Waals surface area contributed by atoms with Crippen LogP contribution in [0.4, 0.5) is 5.82 Å². The Kier molecular flexibility index (Phi) is 6.22. The van der Waals surface area contributed by atoms with Crippen molar-refractivity contribution in [3.8, 4) is 11.5 Å². The lowest BCUT2D eigenvalue weighted by molar-refractivity contribution is 0.0947. The number of nitrogens with zero attached hydrogens (tertiary/aromatic N) is 1. The molecule has 1 aromatic heterocycles. The SMILES string of the molecule is COc1ccc(OCCNC(=O)c2ccnc(NC(C)(C)C)c2)cc1. The molecule has 0 atom stereocenters. The number of methoxy groups -OCH3 is 1. The van der Waals surface area contributed by atoms with Crippen molar-refractivity contribution in [3.05, 3.63) is 48.2 Å². The van der Waals surface area contributed by atoms with Gasteiger partial charge in [-0.05, 0) is 57.2 Å². The first-order valence-corrected chi connectivity index (χ1v) is 8.17. The lowest BCUT2D eigenvalue weighted by atomic mass is 10.1. The van der Waals surface area contributed by atoms with Gasteiger partial charge in [-0.25, -0.2) is 4.98 Å². The summed E-state index contributed by atoms with van der Waals surface area (Å²) in [4.78, 5) is 16.4. The summed E-state index contributed by atoms with van der Waals surface area (Å²) in [6.07, 6.45) is 1.62. The minimum absolute atomic E-state index is 0.117. The number of rotatable bonds is 7. The van der Waals surface area contributed by atoms with E-state index in [1.165, 1.54) is 0 Å². The molecular formula is C19H25N3O3. The number of benzene rings is 1. The van der Waals surface area contributed by atoms with Crippen LogP contribution in [0.2, 0.25) is 0 Å². The van der Waals surface area contributed by atoms with Crippen LogP contribution >= 0.6 is 0 Å². The van der Waals surface area contributed by atoms with E-state index in [1.807, 2.05) is 45.0 Å². The average Bonchev–Trinajstić information content (AvgIpc) is 2.58. The molecule has 0 bridgehead atoms. The molecule has 0 saturated carbocycles. The Labute approximate surface area is 148 Å². The van der Waals surface area contributed by atoms with Crippen LogP contribution in [-0.2, 0) is 0 Å². The number of carbonyl (C=O) groups is 1. The van der Waals surface area contributed by atoms with Crippen LogP contribution in [0, 0.1) is 0 Å². The number of pyridine rings is 1. The van der Waals surface area contributed by atoms with Gasteiger partial charge in [0.1, 0.15) is 23.9 Å². The summed E-state index contributed by atoms with van der Waals surface area (Å²) in [7, 11) is 1.62. The van der Waals surface area contributed by atoms with Gasteiger partial charge >= 0.3 is 0 Å². The molecule has 0 saturated heterocycles. The van der Waals surface area contributed by atoms with Crippen molar-refractivity contribution in [1.29, 1.82) is 0 Å². The highest BCUT2D eigenvalue weighted by Gasteiger charge is 2.12. The lowest BCUT2D eigenvalue weighted by Gasteiger charge is -2.21. The monoisotopic (exact) mass is 343 g/mol. The predicted octanol–water partition coefficient (Wildman–Crippen LogP) is 3.11. The lowest BCUT2D eigenvalue weighted by Crippen LogP contribution is -2.29. The second-order valence-corrected chi connectivity index (χ2v) is 6.58. The highest BCUT2D eigenvalue weighted by atomic mass is 16.5. The number of aromatic nitrogens is 1. The zero-order valence-electron chi connectivity index (χ0n) is 15.1. The number of nitrogens with one attached hydrogen (secondary N) is 2. The molecule has 1 heterocycles. The standard InChI is InChI=1S/C19H25N3O3/c1-19(2,3)22-17-13-14(9-10-20-17)18(23)21-11-12-25-16-7-5-15(24-4)6-8-16/h5-10,13H,11-12H2,1-4H3,(H,20,22)(H,21,23). The molecule has 0 unspecified atom stereocenters. The van der Waals surface area contributed by atoms with E-state index in [2.05, 4.69) is 15.6 Å². The van der Waals surface area contributed by atoms with Crippen molar-refractivity contribution in [2.75, 3.05) is 25.6 Å². The van der Waals surface area contributed by atoms with Crippen LogP contribution in [0.15, 0.2) is 42.6 Å². The molecular weight excluding hydrogens is 318 g/mol. The van der Waals surface area contributed by atoms with Gasteiger partial charge in [0.2, 0.25) is 0 Å². The van der Waals surface area contributed by atoms with E-state index < -0.39 is 0 Å². The summed E-state index contributed by atoms with van der Waals surface area (Å²) < 4.78 is 10.7. The summed E-state index contributed by atoms with van der Waals surface area (Å²) in [5.74, 6) is 2.03. The largest absolute Gasteiger partial charge is 0.497 e. The van der Waals surface area contributed by atoms with E-state index in [4.69, 9.17) is 9.47 Å². The molecule has 0 fully saturated rings. The first-order valence-electron chi connectivity index (χ1n) is 8.17. The molecule has 2 rings (SSSR count). The van der Waals surface area contributed by atoms with E-state index in [1.54, 1.807) is 25.4 Å². The summed E-state index contributed by atoms with van der Waals surface area (Å²) in [6.45, 7) is 6.92. The average molecular weight is 343 g/mol. The summed E-state index contributed by atoms with van der Waals surface area (Å²) in [6, 6.07) is 10.7. The van der Waals surface area contributed by atoms with Crippen LogP contribution in [-0.4, -0.2) is 36.7 Å². The maximum Gasteiger partial charge on any atom is 0.251 e. The zero-order chi connectivity index (χ0) is 18.3. The molecule has 2 N–H and O–H groups in total. The van der Waals surface area contributed by atoms with Crippen molar-refractivity contribution in [2.45, 2.75) is 26.3 Å². The Morgan fingerprint density at radius 3 is 2.44 bits per heavy atom. The Morgan fingerprint density at radius 1 is 1.12 bits per heavy atom. The maximum absolute atomic E-state index is 12.2. The van der Waals surface area contributed by atoms with Gasteiger partial charge in [0.05, 0.1) is 13.7 Å². The Bertz CT molecular complexity index is 694. The fourth-order valence-corrected chi connectivity index (χ4v) is 2.13. The van der Waals surface area contributed by atoms with E-state index in [0.29, 0.717) is 24.5 Å². The van der Waals surface area contributed by atoms with Gasteiger partial charge in [0.25, 0.3) is 5.91 Å². The van der Waals surface area contributed by atoms with Gasteiger partial charge in [-0.1, -0.05) is 0 Å². The van der Waals surface area contributed by atoms with Crippen molar-refractivity contribution in [2.24, 2.45) is 0 Å². The normalized spacial score (nSPS) is 10.9. The molecule has 1 amide bonds. The third kappa shape index (κ3) is 6.33. The van der Waals surface area contributed by atoms with E-state index >= 15 is 0 Å². The second-order valence-electron chi connectivity index (χ2n) is 6.58. The Balaban J connectivity index is 1.80. The van der Waals surface area contributed by atoms with E-state index in [9.17, 15) is 4.79 Å². The third-order valence-corrected chi connectivity index (χ3v) is 3.24. The minimum atomic E-state index is -0.155. The molecule has 0 spiro atoms. The summed E-state index contributed by atoms with van der Waals surface area (Å²) in [5.41, 5.74) is 0.445. The van der Waals surface area contributed by atoms with Crippen LogP contribution in [0.3, 0.4) is 0 Å². The first-order chi connectivity index (χ1) is 11.9. The molecule has 25 heavy (non-hydrogen) atoms. The summed E-state index contributed by atoms with van der Waals surface area (Å²) >= 11 is 0. The number of hydrogen-bond donors (Lipinski definition) is 2. The van der Waals surface area contributed by atoms with Gasteiger partial charge in [0.15, 0.2) is 0 Å². The van der Waals surface area contributed by atoms with Crippen LogP contribution in [0.5, 0.6) is 11.5 Å². The van der Waals surface area contributed by atoms with Gasteiger partial charge in [-0.2, -0.15) is 0 Å². The minimum Gasteiger partial charge on any atom is -0.497 e. The molecule has 0 aliphatic heterocycles. The third-order valence-electron chi connectivity index (χ3n) is 3.24. The summed E-state index contributed by atoms with van der Waals surface area (Å²) in [5, 5.41) is 6.09. The molecule has 134 valence electrons. The van der Waals surface area contributed by atoms with Gasteiger partial charge < -0.3 is 20.1 Å². The van der Waals surface area contributed by atoms with Crippen molar-refractivity contribution >= 4 is 11.7 Å². The van der Waals surface area contributed by atoms with Crippen molar-refractivity contribution in [1.82, 2.24) is 10.3 Å². The van der Waals surface area contributed by atoms with Crippen molar-refractivity contribution in [3.63, 3.8) is 0 Å². The predicted molar refractivity (Wildman–Crippen MR) is 98.4 cm³/mol. The number of carbonyl (C=O) groups excluding carboxylic acids is 1.